The van der Waals surface area contributed by atoms with Gasteiger partial charge in [0.15, 0.2) is 0 Å². The van der Waals surface area contributed by atoms with E-state index in [1.807, 2.05) is 17.0 Å². The van der Waals surface area contributed by atoms with Crippen LogP contribution in [0.4, 0.5) is 11.4 Å². The zero-order valence-corrected chi connectivity index (χ0v) is 21.1. The van der Waals surface area contributed by atoms with Crippen LogP contribution >= 0.6 is 0 Å². The second-order valence-electron chi connectivity index (χ2n) is 10.7. The Morgan fingerprint density at radius 1 is 0.750 bits per heavy atom. The molecule has 3 heterocycles. The lowest BCUT2D eigenvalue weighted by molar-refractivity contribution is 0.0793. The maximum Gasteiger partial charge on any atom is 0.253 e. The minimum absolute atomic E-state index is 0.176. The average Bonchev–Trinajstić information content (AvgIpc) is 3.55. The van der Waals surface area contributed by atoms with E-state index in [9.17, 15) is 4.79 Å². The van der Waals surface area contributed by atoms with Crippen LogP contribution < -0.4 is 4.90 Å². The highest BCUT2D eigenvalue weighted by Crippen LogP contribution is 2.41. The van der Waals surface area contributed by atoms with E-state index in [1.165, 1.54) is 42.6 Å². The van der Waals surface area contributed by atoms with Crippen LogP contribution in [0, 0.1) is 0 Å². The number of para-hydroxylation sites is 1. The van der Waals surface area contributed by atoms with Crippen LogP contribution in [0.15, 0.2) is 84.9 Å². The summed E-state index contributed by atoms with van der Waals surface area (Å²) in [7, 11) is 0. The first-order chi connectivity index (χ1) is 17.8. The molecule has 3 atom stereocenters. The average molecular weight is 480 g/mol. The third-order valence-corrected chi connectivity index (χ3v) is 8.55. The summed E-state index contributed by atoms with van der Waals surface area (Å²) in [4.78, 5) is 20.2. The van der Waals surface area contributed by atoms with Crippen LogP contribution in [0.3, 0.4) is 0 Å². The molecule has 1 amide bonds. The van der Waals surface area contributed by atoms with Crippen LogP contribution in [0.2, 0.25) is 0 Å². The molecular formula is C32H37N3O. The summed E-state index contributed by atoms with van der Waals surface area (Å²) >= 11 is 0. The van der Waals surface area contributed by atoms with E-state index in [-0.39, 0.29) is 5.91 Å². The van der Waals surface area contributed by atoms with Gasteiger partial charge in [-0.3, -0.25) is 9.69 Å². The summed E-state index contributed by atoms with van der Waals surface area (Å²) in [6, 6.07) is 31.9. The van der Waals surface area contributed by atoms with Crippen LogP contribution in [0.5, 0.6) is 0 Å². The standard InChI is InChI=1S/C32H37N3O/c36-32(33-20-7-8-21-33)26-13-15-28(16-14-26)35(27-11-5-2-6-12-27)31-23-29-17-18-30(24-31)34(29)22-19-25-9-3-1-4-10-25/h1-6,9-16,29-31H,7-8,17-24H2/t29-,30+,31?. The lowest BCUT2D eigenvalue weighted by Gasteiger charge is -2.44. The monoisotopic (exact) mass is 479 g/mol. The molecule has 0 saturated carbocycles. The molecule has 3 aliphatic heterocycles. The molecule has 0 aromatic heterocycles. The molecule has 186 valence electrons. The van der Waals surface area contributed by atoms with Crippen LogP contribution in [-0.2, 0) is 6.42 Å². The van der Waals surface area contributed by atoms with Crippen molar-refractivity contribution in [1.82, 2.24) is 9.80 Å². The molecule has 3 aliphatic rings. The fraction of sp³-hybridized carbons (Fsp3) is 0.406. The molecule has 6 rings (SSSR count). The van der Waals surface area contributed by atoms with E-state index in [0.717, 1.165) is 44.5 Å². The van der Waals surface area contributed by atoms with Crippen molar-refractivity contribution < 1.29 is 4.79 Å². The molecule has 4 heteroatoms. The SMILES string of the molecule is O=C(c1ccc(N(c2ccccc2)C2C[C@H]3CC[C@@H](C2)N3CCc2ccccc2)cc1)N1CCCC1. The largest absolute Gasteiger partial charge is 0.339 e. The molecule has 3 aromatic rings. The van der Waals surface area contributed by atoms with Gasteiger partial charge >= 0.3 is 0 Å². The first kappa shape index (κ1) is 23.3. The number of likely N-dealkylation sites (tertiary alicyclic amines) is 1. The number of fused-ring (bicyclic) bond motifs is 2. The Kier molecular flexibility index (Phi) is 6.78. The first-order valence-electron chi connectivity index (χ1n) is 13.8. The molecule has 0 spiro atoms. The number of hydrogen-bond donors (Lipinski definition) is 0. The summed E-state index contributed by atoms with van der Waals surface area (Å²) in [5, 5.41) is 0. The van der Waals surface area contributed by atoms with E-state index in [2.05, 4.69) is 82.6 Å². The van der Waals surface area contributed by atoms with Crippen molar-refractivity contribution in [3.63, 3.8) is 0 Å². The maximum absolute atomic E-state index is 12.9. The Balaban J connectivity index is 1.20. The molecule has 0 aliphatic carbocycles. The lowest BCUT2D eigenvalue weighted by atomic mass is 9.94. The number of nitrogens with zero attached hydrogens (tertiary/aromatic N) is 3. The second kappa shape index (κ2) is 10.5. The Morgan fingerprint density at radius 3 is 1.97 bits per heavy atom. The van der Waals surface area contributed by atoms with Crippen LogP contribution in [0.1, 0.15) is 54.4 Å². The van der Waals surface area contributed by atoms with Crippen LogP contribution in [-0.4, -0.2) is 53.5 Å². The van der Waals surface area contributed by atoms with Gasteiger partial charge in [0.1, 0.15) is 0 Å². The Hall–Kier alpha value is -3.11. The van der Waals surface area contributed by atoms with E-state index in [4.69, 9.17) is 0 Å². The highest BCUT2D eigenvalue weighted by Gasteiger charge is 2.42. The van der Waals surface area contributed by atoms with Crippen LogP contribution in [0.25, 0.3) is 0 Å². The fourth-order valence-corrected chi connectivity index (χ4v) is 6.75. The smallest absolute Gasteiger partial charge is 0.253 e. The molecule has 4 nitrogen and oxygen atoms in total. The van der Waals surface area contributed by atoms with Gasteiger partial charge < -0.3 is 9.80 Å². The molecular weight excluding hydrogens is 442 g/mol. The number of carbonyl (C=O) groups excluding carboxylic acids is 1. The summed E-state index contributed by atoms with van der Waals surface area (Å²) in [6.45, 7) is 2.94. The number of anilines is 2. The van der Waals surface area contributed by atoms with Crippen molar-refractivity contribution in [2.75, 3.05) is 24.5 Å². The zero-order chi connectivity index (χ0) is 24.3. The topological polar surface area (TPSA) is 26.8 Å². The Labute approximate surface area is 215 Å². The van der Waals surface area contributed by atoms with Crippen molar-refractivity contribution in [2.45, 2.75) is 63.1 Å². The highest BCUT2D eigenvalue weighted by atomic mass is 16.2. The lowest BCUT2D eigenvalue weighted by Crippen LogP contribution is -2.50. The first-order valence-corrected chi connectivity index (χ1v) is 13.8. The van der Waals surface area contributed by atoms with Gasteiger partial charge in [0.2, 0.25) is 0 Å². The summed E-state index contributed by atoms with van der Waals surface area (Å²) < 4.78 is 0. The van der Waals surface area contributed by atoms with Gasteiger partial charge in [-0.1, -0.05) is 48.5 Å². The number of carbonyl (C=O) groups is 1. The van der Waals surface area contributed by atoms with Crippen molar-refractivity contribution in [1.29, 1.82) is 0 Å². The Morgan fingerprint density at radius 2 is 1.33 bits per heavy atom. The molecule has 3 aromatic carbocycles. The van der Waals surface area contributed by atoms with Gasteiger partial charge in [0.05, 0.1) is 0 Å². The van der Waals surface area contributed by atoms with Crippen molar-refractivity contribution in [2.24, 2.45) is 0 Å². The second-order valence-corrected chi connectivity index (χ2v) is 10.7. The minimum atomic E-state index is 0.176. The highest BCUT2D eigenvalue weighted by molar-refractivity contribution is 5.94. The minimum Gasteiger partial charge on any atom is -0.339 e. The Bertz CT molecular complexity index is 1130. The number of amides is 1. The predicted octanol–water partition coefficient (Wildman–Crippen LogP) is 6.30. The fourth-order valence-electron chi connectivity index (χ4n) is 6.75. The van der Waals surface area contributed by atoms with Crippen molar-refractivity contribution in [3.05, 3.63) is 96.1 Å². The molecule has 0 N–H and O–H groups in total. The zero-order valence-electron chi connectivity index (χ0n) is 21.1. The van der Waals surface area contributed by atoms with Gasteiger partial charge in [-0.05, 0) is 86.9 Å². The van der Waals surface area contributed by atoms with E-state index in [1.54, 1.807) is 0 Å². The van der Waals surface area contributed by atoms with Gasteiger partial charge in [-0.15, -0.1) is 0 Å². The number of rotatable bonds is 7. The van der Waals surface area contributed by atoms with E-state index >= 15 is 0 Å². The molecule has 3 fully saturated rings. The van der Waals surface area contributed by atoms with Gasteiger partial charge in [0, 0.05) is 54.7 Å². The van der Waals surface area contributed by atoms with E-state index in [0.29, 0.717) is 18.1 Å². The van der Waals surface area contributed by atoms with E-state index < -0.39 is 0 Å². The molecule has 3 saturated heterocycles. The van der Waals surface area contributed by atoms with Gasteiger partial charge in [-0.2, -0.15) is 0 Å². The summed E-state index contributed by atoms with van der Waals surface area (Å²) in [5.41, 5.74) is 4.69. The molecule has 0 radical (unpaired) electrons. The molecule has 2 bridgehead atoms. The van der Waals surface area contributed by atoms with Crippen molar-refractivity contribution >= 4 is 17.3 Å². The summed E-state index contributed by atoms with van der Waals surface area (Å²) in [6.07, 6.45) is 8.37. The summed E-state index contributed by atoms with van der Waals surface area (Å²) in [5.74, 6) is 0.176. The van der Waals surface area contributed by atoms with Crippen molar-refractivity contribution in [3.8, 4) is 0 Å². The number of benzene rings is 3. The molecule has 36 heavy (non-hydrogen) atoms. The van der Waals surface area contributed by atoms with Gasteiger partial charge in [-0.25, -0.2) is 0 Å². The quantitative estimate of drug-likeness (QED) is 0.398. The number of hydrogen-bond acceptors (Lipinski definition) is 3. The third-order valence-electron chi connectivity index (χ3n) is 8.55. The number of piperidine rings is 1. The molecule has 1 unspecified atom stereocenters. The maximum atomic E-state index is 12.9. The predicted molar refractivity (Wildman–Crippen MR) is 147 cm³/mol. The van der Waals surface area contributed by atoms with Gasteiger partial charge in [0.25, 0.3) is 5.91 Å². The third kappa shape index (κ3) is 4.79. The normalized spacial score (nSPS) is 23.7.